The molecule has 6 heteroatoms. The fraction of sp³-hybridized carbons (Fsp3) is 0.462. The number of carbonyl (C=O) groups is 1. The van der Waals surface area contributed by atoms with Crippen LogP contribution in [0.1, 0.15) is 22.8 Å². The summed E-state index contributed by atoms with van der Waals surface area (Å²) in [6, 6.07) is 2.99. The van der Waals surface area contributed by atoms with Gasteiger partial charge in [-0.25, -0.2) is 13.5 Å². The molecule has 0 atom stereocenters. The van der Waals surface area contributed by atoms with E-state index in [0.717, 1.165) is 17.0 Å². The number of methoxy groups -OCH3 is 1. The van der Waals surface area contributed by atoms with E-state index in [4.69, 9.17) is 9.47 Å². The Morgan fingerprint density at radius 2 is 2.32 bits per heavy atom. The maximum atomic E-state index is 13.8. The van der Waals surface area contributed by atoms with Crippen LogP contribution in [0.15, 0.2) is 17.0 Å². The molecule has 0 unspecified atom stereocenters. The lowest BCUT2D eigenvalue weighted by Gasteiger charge is -2.11. The van der Waals surface area contributed by atoms with Gasteiger partial charge in [-0.1, -0.05) is 0 Å². The van der Waals surface area contributed by atoms with Crippen LogP contribution in [0.25, 0.3) is 0 Å². The van der Waals surface area contributed by atoms with Crippen LogP contribution in [0.2, 0.25) is 0 Å². The van der Waals surface area contributed by atoms with Gasteiger partial charge in [-0.2, -0.15) is 0 Å². The van der Waals surface area contributed by atoms with Crippen LogP contribution in [-0.4, -0.2) is 37.1 Å². The lowest BCUT2D eigenvalue weighted by Crippen LogP contribution is -2.15. The third-order valence-corrected chi connectivity index (χ3v) is 3.91. The summed E-state index contributed by atoms with van der Waals surface area (Å²) < 4.78 is 25.8. The number of ether oxygens (including phenoxy) is 2. The van der Waals surface area contributed by atoms with Gasteiger partial charge < -0.3 is 9.47 Å². The van der Waals surface area contributed by atoms with E-state index in [0.29, 0.717) is 13.2 Å². The number of rotatable bonds is 5. The maximum absolute atomic E-state index is 13.8. The Balaban J connectivity index is 2.15. The molecule has 19 heavy (non-hydrogen) atoms. The Labute approximate surface area is 116 Å². The van der Waals surface area contributed by atoms with Gasteiger partial charge in [0.1, 0.15) is 5.82 Å². The minimum absolute atomic E-state index is 0.00157. The molecule has 1 aliphatic rings. The molecule has 1 aliphatic heterocycles. The second-order valence-electron chi connectivity index (χ2n) is 4.11. The van der Waals surface area contributed by atoms with Crippen molar-refractivity contribution in [1.29, 1.82) is 0 Å². The molecule has 2 rings (SSSR count). The third kappa shape index (κ3) is 3.26. The highest BCUT2D eigenvalue weighted by Gasteiger charge is 2.24. The zero-order valence-corrected chi connectivity index (χ0v) is 11.8. The first-order valence-corrected chi connectivity index (χ1v) is 6.84. The Kier molecular flexibility index (Phi) is 4.79. The number of halogens is 1. The molecule has 4 nitrogen and oxygen atoms in total. The largest absolute Gasteiger partial charge is 0.462 e. The van der Waals surface area contributed by atoms with Crippen molar-refractivity contribution in [3.05, 3.63) is 29.1 Å². The summed E-state index contributed by atoms with van der Waals surface area (Å²) in [5.41, 5.74) is 0.897. The molecule has 0 aliphatic carbocycles. The molecule has 1 aromatic carbocycles. The molecule has 1 aromatic rings. The number of nitrogens with zero attached hydrogens (tertiary/aromatic N) is 1. The predicted molar refractivity (Wildman–Crippen MR) is 70.5 cm³/mol. The number of carbonyl (C=O) groups excluding carboxylic acids is 1. The fourth-order valence-corrected chi connectivity index (χ4v) is 2.91. The smallest absolute Gasteiger partial charge is 0.341 e. The summed E-state index contributed by atoms with van der Waals surface area (Å²) in [5.74, 6) is -1.13. The molecular formula is C13H16FNO3S. The first-order chi connectivity index (χ1) is 9.15. The van der Waals surface area contributed by atoms with E-state index in [2.05, 4.69) is 4.31 Å². The summed E-state index contributed by atoms with van der Waals surface area (Å²) >= 11 is 1.51. The standard InChI is InChI=1S/C13H16FNO3S/c1-3-18-13(16)10-7-12-9(6-11(10)14)8-15(19-12)4-5-17-2/h6-7H,3-5,8H2,1-2H3. The molecule has 0 fully saturated rings. The molecule has 0 saturated heterocycles. The fourth-order valence-electron chi connectivity index (χ4n) is 1.85. The van der Waals surface area contributed by atoms with Crippen molar-refractivity contribution in [3.63, 3.8) is 0 Å². The van der Waals surface area contributed by atoms with Gasteiger partial charge in [-0.05, 0) is 36.6 Å². The van der Waals surface area contributed by atoms with Gasteiger partial charge in [0, 0.05) is 25.1 Å². The molecule has 104 valence electrons. The number of hydrogen-bond acceptors (Lipinski definition) is 5. The number of fused-ring (bicyclic) bond motifs is 1. The Bertz CT molecular complexity index is 481. The third-order valence-electron chi connectivity index (χ3n) is 2.76. The highest BCUT2D eigenvalue weighted by molar-refractivity contribution is 7.97. The Morgan fingerprint density at radius 1 is 1.53 bits per heavy atom. The van der Waals surface area contributed by atoms with E-state index in [9.17, 15) is 9.18 Å². The van der Waals surface area contributed by atoms with Gasteiger partial charge in [0.05, 0.1) is 18.8 Å². The summed E-state index contributed by atoms with van der Waals surface area (Å²) in [5, 5.41) is 0. The van der Waals surface area contributed by atoms with Gasteiger partial charge in [0.15, 0.2) is 0 Å². The van der Waals surface area contributed by atoms with Gasteiger partial charge in [0.2, 0.25) is 0 Å². The van der Waals surface area contributed by atoms with Crippen LogP contribution in [-0.2, 0) is 16.0 Å². The second-order valence-corrected chi connectivity index (χ2v) is 5.25. The highest BCUT2D eigenvalue weighted by atomic mass is 32.2. The molecule has 0 bridgehead atoms. The first kappa shape index (κ1) is 14.3. The monoisotopic (exact) mass is 285 g/mol. The van der Waals surface area contributed by atoms with E-state index in [1.165, 1.54) is 18.0 Å². The van der Waals surface area contributed by atoms with Gasteiger partial charge in [-0.15, -0.1) is 0 Å². The number of esters is 1. The quantitative estimate of drug-likeness (QED) is 0.614. The van der Waals surface area contributed by atoms with Crippen molar-refractivity contribution in [3.8, 4) is 0 Å². The van der Waals surface area contributed by atoms with Crippen molar-refractivity contribution < 1.29 is 18.7 Å². The highest BCUT2D eigenvalue weighted by Crippen LogP contribution is 2.37. The molecule has 0 saturated carbocycles. The topological polar surface area (TPSA) is 38.8 Å². The molecule has 0 spiro atoms. The molecule has 0 N–H and O–H groups in total. The number of benzene rings is 1. The Hall–Kier alpha value is -1.11. The number of hydrogen-bond donors (Lipinski definition) is 0. The molecule has 0 aromatic heterocycles. The van der Waals surface area contributed by atoms with Gasteiger partial charge in [-0.3, -0.25) is 0 Å². The van der Waals surface area contributed by atoms with Crippen molar-refractivity contribution in [2.45, 2.75) is 18.4 Å². The van der Waals surface area contributed by atoms with Crippen LogP contribution < -0.4 is 0 Å². The Morgan fingerprint density at radius 3 is 3.00 bits per heavy atom. The summed E-state index contributed by atoms with van der Waals surface area (Å²) in [6.45, 7) is 3.97. The average Bonchev–Trinajstić information content (AvgIpc) is 2.77. The molecule has 1 heterocycles. The lowest BCUT2D eigenvalue weighted by atomic mass is 10.1. The second kappa shape index (κ2) is 6.36. The van der Waals surface area contributed by atoms with Crippen LogP contribution in [0, 0.1) is 5.82 Å². The van der Waals surface area contributed by atoms with Gasteiger partial charge >= 0.3 is 5.97 Å². The summed E-state index contributed by atoms with van der Waals surface area (Å²) in [7, 11) is 1.65. The molecule has 0 amide bonds. The minimum atomic E-state index is -0.612. The van der Waals surface area contributed by atoms with Gasteiger partial charge in [0.25, 0.3) is 0 Å². The van der Waals surface area contributed by atoms with E-state index in [1.54, 1.807) is 20.1 Å². The average molecular weight is 285 g/mol. The van der Waals surface area contributed by atoms with Crippen molar-refractivity contribution in [2.75, 3.05) is 26.9 Å². The van der Waals surface area contributed by atoms with Crippen LogP contribution in [0.4, 0.5) is 4.39 Å². The maximum Gasteiger partial charge on any atom is 0.341 e. The van der Waals surface area contributed by atoms with E-state index in [-0.39, 0.29) is 12.2 Å². The summed E-state index contributed by atoms with van der Waals surface area (Å²) in [4.78, 5) is 12.5. The van der Waals surface area contributed by atoms with Crippen molar-refractivity contribution in [1.82, 2.24) is 4.31 Å². The first-order valence-electron chi connectivity index (χ1n) is 6.07. The lowest BCUT2D eigenvalue weighted by molar-refractivity contribution is 0.0520. The molecule has 0 radical (unpaired) electrons. The predicted octanol–water partition coefficient (Wildman–Crippen LogP) is 2.47. The zero-order chi connectivity index (χ0) is 13.8. The zero-order valence-electron chi connectivity index (χ0n) is 10.9. The minimum Gasteiger partial charge on any atom is -0.462 e. The normalized spacial score (nSPS) is 14.5. The van der Waals surface area contributed by atoms with Crippen LogP contribution >= 0.6 is 11.9 Å². The molecular weight excluding hydrogens is 269 g/mol. The SMILES string of the molecule is CCOC(=O)c1cc2c(cc1F)CN(CCOC)S2. The van der Waals surface area contributed by atoms with E-state index >= 15 is 0 Å². The summed E-state index contributed by atoms with van der Waals surface area (Å²) in [6.07, 6.45) is 0. The van der Waals surface area contributed by atoms with Crippen LogP contribution in [0.3, 0.4) is 0 Å². The van der Waals surface area contributed by atoms with Crippen LogP contribution in [0.5, 0.6) is 0 Å². The van der Waals surface area contributed by atoms with Crippen molar-refractivity contribution in [2.24, 2.45) is 0 Å². The van der Waals surface area contributed by atoms with E-state index in [1.807, 2.05) is 0 Å². The van der Waals surface area contributed by atoms with E-state index < -0.39 is 11.8 Å². The van der Waals surface area contributed by atoms with Crippen molar-refractivity contribution >= 4 is 17.9 Å².